The Morgan fingerprint density at radius 1 is 0.966 bits per heavy atom. The number of piperazine rings is 1. The number of imidazole rings is 1. The van der Waals surface area contributed by atoms with E-state index in [9.17, 15) is 13.2 Å². The van der Waals surface area contributed by atoms with Crippen molar-refractivity contribution >= 4 is 27.0 Å². The van der Waals surface area contributed by atoms with E-state index in [1.807, 2.05) is 35.8 Å². The molecule has 0 unspecified atom stereocenters. The molecule has 1 aliphatic heterocycles. The highest BCUT2D eigenvalue weighted by Crippen LogP contribution is 2.19. The number of sulfonamides is 1. The second-order valence-electron chi connectivity index (χ2n) is 7.05. The quantitative estimate of drug-likeness (QED) is 0.643. The van der Waals surface area contributed by atoms with Crippen LogP contribution in [0.15, 0.2) is 59.5 Å². The van der Waals surface area contributed by atoms with Crippen molar-refractivity contribution in [3.8, 4) is 0 Å². The monoisotopic (exact) mass is 412 g/mol. The maximum Gasteiger partial charge on any atom is 0.243 e. The Balaban J connectivity index is 1.45. The third kappa shape index (κ3) is 3.77. The summed E-state index contributed by atoms with van der Waals surface area (Å²) >= 11 is 0. The minimum Gasteiger partial charge on any atom is -0.339 e. The van der Waals surface area contributed by atoms with E-state index in [1.54, 1.807) is 35.2 Å². The van der Waals surface area contributed by atoms with E-state index in [0.29, 0.717) is 26.2 Å². The lowest BCUT2D eigenvalue weighted by Crippen LogP contribution is -2.51. The van der Waals surface area contributed by atoms with Crippen LogP contribution in [0.3, 0.4) is 0 Å². The lowest BCUT2D eigenvalue weighted by atomic mass is 10.3. The molecule has 152 valence electrons. The molecule has 29 heavy (non-hydrogen) atoms. The van der Waals surface area contributed by atoms with Crippen molar-refractivity contribution in [3.05, 3.63) is 60.4 Å². The van der Waals surface area contributed by atoms with E-state index in [4.69, 9.17) is 0 Å². The molecule has 0 radical (unpaired) electrons. The Hall–Kier alpha value is -2.71. The van der Waals surface area contributed by atoms with Crippen LogP contribution in [0, 0.1) is 0 Å². The molecule has 1 fully saturated rings. The first-order valence-corrected chi connectivity index (χ1v) is 11.2. The Morgan fingerprint density at radius 3 is 2.31 bits per heavy atom. The summed E-state index contributed by atoms with van der Waals surface area (Å²) in [6.45, 7) is 3.62. The van der Waals surface area contributed by atoms with Crippen molar-refractivity contribution in [2.45, 2.75) is 24.8 Å². The van der Waals surface area contributed by atoms with Crippen molar-refractivity contribution in [2.24, 2.45) is 0 Å². The molecule has 2 heterocycles. The summed E-state index contributed by atoms with van der Waals surface area (Å²) in [6, 6.07) is 16.2. The van der Waals surface area contributed by atoms with Crippen LogP contribution in [-0.4, -0.2) is 59.3 Å². The van der Waals surface area contributed by atoms with E-state index in [0.717, 1.165) is 23.3 Å². The molecule has 4 rings (SSSR count). The van der Waals surface area contributed by atoms with Gasteiger partial charge in [-0.3, -0.25) is 4.79 Å². The Kier molecular flexibility index (Phi) is 5.38. The van der Waals surface area contributed by atoms with E-state index < -0.39 is 10.0 Å². The van der Waals surface area contributed by atoms with Crippen molar-refractivity contribution in [1.29, 1.82) is 0 Å². The number of aromatic nitrogens is 2. The summed E-state index contributed by atoms with van der Waals surface area (Å²) in [6.07, 6.45) is 0.741. The largest absolute Gasteiger partial charge is 0.339 e. The van der Waals surface area contributed by atoms with Crippen LogP contribution in [0.4, 0.5) is 0 Å². The zero-order chi connectivity index (χ0) is 20.4. The second-order valence-corrected chi connectivity index (χ2v) is 8.99. The Labute approximate surface area is 170 Å². The fourth-order valence-electron chi connectivity index (χ4n) is 3.73. The maximum atomic E-state index is 12.9. The van der Waals surface area contributed by atoms with Crippen LogP contribution < -0.4 is 0 Å². The molecule has 0 aliphatic carbocycles. The Morgan fingerprint density at radius 2 is 1.62 bits per heavy atom. The summed E-state index contributed by atoms with van der Waals surface area (Å²) in [5.41, 5.74) is 1.83. The van der Waals surface area contributed by atoms with Gasteiger partial charge in [-0.2, -0.15) is 4.31 Å². The summed E-state index contributed by atoms with van der Waals surface area (Å²) < 4.78 is 28.9. The average Bonchev–Trinajstić information content (AvgIpc) is 3.12. The molecule has 7 nitrogen and oxygen atoms in total. The van der Waals surface area contributed by atoms with Crippen LogP contribution in [-0.2, 0) is 27.8 Å². The lowest BCUT2D eigenvalue weighted by Gasteiger charge is -2.34. The number of carbonyl (C=O) groups excluding carboxylic acids is 1. The van der Waals surface area contributed by atoms with E-state index >= 15 is 0 Å². The Bertz CT molecular complexity index is 1120. The van der Waals surface area contributed by atoms with Gasteiger partial charge >= 0.3 is 0 Å². The summed E-state index contributed by atoms with van der Waals surface area (Å²) in [4.78, 5) is 19.6. The molecular weight excluding hydrogens is 388 g/mol. The summed E-state index contributed by atoms with van der Waals surface area (Å²) in [5.74, 6) is 0.865. The van der Waals surface area contributed by atoms with Crippen molar-refractivity contribution < 1.29 is 13.2 Å². The van der Waals surface area contributed by atoms with Crippen molar-refractivity contribution in [2.75, 3.05) is 26.2 Å². The first kappa shape index (κ1) is 19.6. The third-order valence-electron chi connectivity index (χ3n) is 5.32. The molecule has 0 atom stereocenters. The fraction of sp³-hybridized carbons (Fsp3) is 0.333. The molecule has 3 aromatic rings. The molecule has 0 N–H and O–H groups in total. The number of amides is 1. The molecule has 0 spiro atoms. The fourth-order valence-corrected chi connectivity index (χ4v) is 5.17. The van der Waals surface area contributed by atoms with Crippen LogP contribution >= 0.6 is 0 Å². The minimum absolute atomic E-state index is 0.0142. The van der Waals surface area contributed by atoms with Crippen LogP contribution in [0.1, 0.15) is 12.7 Å². The van der Waals surface area contributed by atoms with Gasteiger partial charge in [-0.05, 0) is 24.3 Å². The molecule has 8 heteroatoms. The van der Waals surface area contributed by atoms with Gasteiger partial charge in [0.1, 0.15) is 12.4 Å². The van der Waals surface area contributed by atoms with E-state index in [1.165, 1.54) is 4.31 Å². The minimum atomic E-state index is -3.52. The number of fused-ring (bicyclic) bond motifs is 1. The van der Waals surface area contributed by atoms with Gasteiger partial charge in [-0.1, -0.05) is 37.3 Å². The molecule has 1 aliphatic rings. The van der Waals surface area contributed by atoms with Gasteiger partial charge in [0, 0.05) is 32.6 Å². The zero-order valence-electron chi connectivity index (χ0n) is 16.4. The number of para-hydroxylation sites is 2. The molecule has 1 saturated heterocycles. The van der Waals surface area contributed by atoms with Gasteiger partial charge in [0.15, 0.2) is 0 Å². The van der Waals surface area contributed by atoms with Crippen LogP contribution in [0.5, 0.6) is 0 Å². The predicted octanol–water partition coefficient (Wildman–Crippen LogP) is 2.13. The van der Waals surface area contributed by atoms with Gasteiger partial charge in [-0.25, -0.2) is 13.4 Å². The van der Waals surface area contributed by atoms with Gasteiger partial charge in [-0.15, -0.1) is 0 Å². The van der Waals surface area contributed by atoms with Gasteiger partial charge in [0.2, 0.25) is 15.9 Å². The highest BCUT2D eigenvalue weighted by molar-refractivity contribution is 7.89. The number of nitrogens with zero attached hydrogens (tertiary/aromatic N) is 4. The SMILES string of the molecule is CCc1nc2ccccc2n1CC(=O)N1CCN(S(=O)(=O)c2ccccc2)CC1. The number of rotatable bonds is 5. The average molecular weight is 413 g/mol. The molecule has 1 amide bonds. The standard InChI is InChI=1S/C21H24N4O3S/c1-2-20-22-18-10-6-7-11-19(18)25(20)16-21(26)23-12-14-24(15-13-23)29(27,28)17-8-4-3-5-9-17/h3-11H,2,12-16H2,1H3. The highest BCUT2D eigenvalue weighted by Gasteiger charge is 2.30. The molecule has 0 bridgehead atoms. The first-order chi connectivity index (χ1) is 14.0. The highest BCUT2D eigenvalue weighted by atomic mass is 32.2. The maximum absolute atomic E-state index is 12.9. The van der Waals surface area contributed by atoms with Crippen molar-refractivity contribution in [3.63, 3.8) is 0 Å². The number of hydrogen-bond acceptors (Lipinski definition) is 4. The first-order valence-electron chi connectivity index (χ1n) is 9.78. The van der Waals surface area contributed by atoms with Crippen LogP contribution in [0.2, 0.25) is 0 Å². The summed E-state index contributed by atoms with van der Waals surface area (Å²) in [5, 5.41) is 0. The molecular formula is C21H24N4O3S. The van der Waals surface area contributed by atoms with Crippen LogP contribution in [0.25, 0.3) is 11.0 Å². The second kappa shape index (κ2) is 7.96. The lowest BCUT2D eigenvalue weighted by molar-refractivity contribution is -0.133. The normalized spacial score (nSPS) is 15.7. The van der Waals surface area contributed by atoms with Gasteiger partial charge < -0.3 is 9.47 Å². The van der Waals surface area contributed by atoms with E-state index in [-0.39, 0.29) is 17.3 Å². The smallest absolute Gasteiger partial charge is 0.243 e. The number of carbonyl (C=O) groups is 1. The number of hydrogen-bond donors (Lipinski definition) is 0. The number of benzene rings is 2. The zero-order valence-corrected chi connectivity index (χ0v) is 17.2. The van der Waals surface area contributed by atoms with Crippen molar-refractivity contribution in [1.82, 2.24) is 18.8 Å². The number of aryl methyl sites for hydroxylation is 1. The third-order valence-corrected chi connectivity index (χ3v) is 7.23. The summed E-state index contributed by atoms with van der Waals surface area (Å²) in [7, 11) is -3.52. The molecule has 0 saturated carbocycles. The molecule has 1 aromatic heterocycles. The topological polar surface area (TPSA) is 75.5 Å². The van der Waals surface area contributed by atoms with Gasteiger partial charge in [0.05, 0.1) is 15.9 Å². The molecule has 2 aromatic carbocycles. The van der Waals surface area contributed by atoms with E-state index in [2.05, 4.69) is 4.98 Å². The predicted molar refractivity (Wildman–Crippen MR) is 111 cm³/mol. The van der Waals surface area contributed by atoms with Gasteiger partial charge in [0.25, 0.3) is 0 Å².